The van der Waals surface area contributed by atoms with Crippen LogP contribution in [0.4, 0.5) is 13.2 Å². The summed E-state index contributed by atoms with van der Waals surface area (Å²) in [4.78, 5) is 0. The Morgan fingerprint density at radius 2 is 2.00 bits per heavy atom. The fraction of sp³-hybridized carbons (Fsp3) is 1.00. The summed E-state index contributed by atoms with van der Waals surface area (Å²) in [7, 11) is 0. The van der Waals surface area contributed by atoms with E-state index in [0.29, 0.717) is 12.6 Å². The summed E-state index contributed by atoms with van der Waals surface area (Å²) in [6.07, 6.45) is -2.97. The number of halogens is 3. The lowest BCUT2D eigenvalue weighted by molar-refractivity contribution is -0.150. The lowest BCUT2D eigenvalue weighted by atomic mass is 10.1. The number of ether oxygens (including phenoxy) is 1. The first-order chi connectivity index (χ1) is 7.29. The molecule has 1 fully saturated rings. The third kappa shape index (κ3) is 7.03. The van der Waals surface area contributed by atoms with E-state index in [4.69, 9.17) is 4.74 Å². The van der Waals surface area contributed by atoms with Crippen molar-refractivity contribution >= 4 is 0 Å². The predicted octanol–water partition coefficient (Wildman–Crippen LogP) is 1.46. The maximum atomic E-state index is 11.8. The molecule has 2 N–H and O–H groups in total. The SMILES string of the molecule is CC(O)(CNC1CC1)COCCC(F)(F)F. The smallest absolute Gasteiger partial charge is 0.386 e. The number of rotatable bonds is 7. The van der Waals surface area contributed by atoms with Gasteiger partial charge in [-0.1, -0.05) is 0 Å². The van der Waals surface area contributed by atoms with Crippen LogP contribution in [-0.2, 0) is 4.74 Å². The van der Waals surface area contributed by atoms with Gasteiger partial charge in [0.15, 0.2) is 0 Å². The topological polar surface area (TPSA) is 41.5 Å². The molecular weight excluding hydrogens is 223 g/mol. The minimum Gasteiger partial charge on any atom is -0.386 e. The third-order valence-corrected chi connectivity index (χ3v) is 2.29. The maximum absolute atomic E-state index is 11.8. The molecule has 1 aliphatic rings. The molecule has 0 amide bonds. The molecule has 0 heterocycles. The Bertz CT molecular complexity index is 215. The van der Waals surface area contributed by atoms with Gasteiger partial charge in [-0.3, -0.25) is 0 Å². The average Bonchev–Trinajstić information content (AvgIpc) is 2.91. The van der Waals surface area contributed by atoms with Gasteiger partial charge in [0.05, 0.1) is 25.2 Å². The molecule has 0 aromatic rings. The fourth-order valence-corrected chi connectivity index (χ4v) is 1.18. The lowest BCUT2D eigenvalue weighted by Crippen LogP contribution is -2.42. The average molecular weight is 241 g/mol. The summed E-state index contributed by atoms with van der Waals surface area (Å²) < 4.78 is 40.2. The van der Waals surface area contributed by atoms with Gasteiger partial charge in [-0.2, -0.15) is 13.2 Å². The second kappa shape index (κ2) is 5.33. The van der Waals surface area contributed by atoms with E-state index in [-0.39, 0.29) is 6.61 Å². The normalized spacial score (nSPS) is 20.8. The molecule has 1 unspecified atom stereocenters. The first kappa shape index (κ1) is 13.7. The Labute approximate surface area is 93.0 Å². The molecule has 0 aromatic carbocycles. The van der Waals surface area contributed by atoms with Crippen LogP contribution in [0.1, 0.15) is 26.2 Å². The van der Waals surface area contributed by atoms with E-state index in [1.54, 1.807) is 6.92 Å². The van der Waals surface area contributed by atoms with Crippen LogP contribution in [0.3, 0.4) is 0 Å². The monoisotopic (exact) mass is 241 g/mol. The molecule has 0 saturated heterocycles. The van der Waals surface area contributed by atoms with E-state index in [1.165, 1.54) is 0 Å². The number of hydrogen-bond acceptors (Lipinski definition) is 3. The van der Waals surface area contributed by atoms with Crippen LogP contribution < -0.4 is 5.32 Å². The van der Waals surface area contributed by atoms with E-state index in [2.05, 4.69) is 5.32 Å². The van der Waals surface area contributed by atoms with Gasteiger partial charge in [0.2, 0.25) is 0 Å². The van der Waals surface area contributed by atoms with Crippen molar-refractivity contribution in [1.29, 1.82) is 0 Å². The Morgan fingerprint density at radius 3 is 2.50 bits per heavy atom. The highest BCUT2D eigenvalue weighted by Crippen LogP contribution is 2.20. The summed E-state index contributed by atoms with van der Waals surface area (Å²) in [6.45, 7) is 1.42. The van der Waals surface area contributed by atoms with Gasteiger partial charge >= 0.3 is 6.18 Å². The van der Waals surface area contributed by atoms with Gasteiger partial charge in [0.1, 0.15) is 0 Å². The summed E-state index contributed by atoms with van der Waals surface area (Å²) in [5.41, 5.74) is -1.10. The van der Waals surface area contributed by atoms with E-state index in [0.717, 1.165) is 12.8 Å². The molecule has 0 aromatic heterocycles. The molecule has 0 aliphatic heterocycles. The minimum atomic E-state index is -4.20. The molecule has 96 valence electrons. The summed E-state index contributed by atoms with van der Waals surface area (Å²) in [6, 6.07) is 0.460. The van der Waals surface area contributed by atoms with Crippen molar-refractivity contribution in [3.8, 4) is 0 Å². The first-order valence-electron chi connectivity index (χ1n) is 5.39. The van der Waals surface area contributed by atoms with Gasteiger partial charge in [0, 0.05) is 12.6 Å². The van der Waals surface area contributed by atoms with Crippen LogP contribution in [0.15, 0.2) is 0 Å². The summed E-state index contributed by atoms with van der Waals surface area (Å²) >= 11 is 0. The number of hydrogen-bond donors (Lipinski definition) is 2. The van der Waals surface area contributed by atoms with Crippen molar-refractivity contribution < 1.29 is 23.0 Å². The third-order valence-electron chi connectivity index (χ3n) is 2.29. The Balaban J connectivity index is 2.04. The maximum Gasteiger partial charge on any atom is 0.391 e. The molecule has 16 heavy (non-hydrogen) atoms. The second-order valence-electron chi connectivity index (χ2n) is 4.57. The van der Waals surface area contributed by atoms with Crippen LogP contribution in [0.25, 0.3) is 0 Å². The number of nitrogens with one attached hydrogen (secondary N) is 1. The standard InChI is InChI=1S/C10H18F3NO2/c1-9(15,6-14-8-2-3-8)7-16-5-4-10(11,12)13/h8,14-15H,2-7H2,1H3. The van der Waals surface area contributed by atoms with E-state index >= 15 is 0 Å². The van der Waals surface area contributed by atoms with Crippen molar-refractivity contribution in [3.63, 3.8) is 0 Å². The molecule has 1 saturated carbocycles. The van der Waals surface area contributed by atoms with Gasteiger partial charge < -0.3 is 15.2 Å². The van der Waals surface area contributed by atoms with Crippen LogP contribution in [0.2, 0.25) is 0 Å². The molecule has 0 spiro atoms. The first-order valence-corrected chi connectivity index (χ1v) is 5.39. The fourth-order valence-electron chi connectivity index (χ4n) is 1.18. The van der Waals surface area contributed by atoms with Crippen LogP contribution in [-0.4, -0.2) is 42.7 Å². The predicted molar refractivity (Wildman–Crippen MR) is 53.1 cm³/mol. The molecule has 0 bridgehead atoms. The molecular formula is C10H18F3NO2. The van der Waals surface area contributed by atoms with Crippen molar-refractivity contribution in [2.75, 3.05) is 19.8 Å². The summed E-state index contributed by atoms with van der Waals surface area (Å²) in [5.74, 6) is 0. The second-order valence-corrected chi connectivity index (χ2v) is 4.57. The molecule has 3 nitrogen and oxygen atoms in total. The highest BCUT2D eigenvalue weighted by Gasteiger charge is 2.29. The van der Waals surface area contributed by atoms with E-state index in [1.807, 2.05) is 0 Å². The van der Waals surface area contributed by atoms with Gasteiger partial charge in [-0.25, -0.2) is 0 Å². The quantitative estimate of drug-likeness (QED) is 0.663. The van der Waals surface area contributed by atoms with Crippen molar-refractivity contribution in [2.45, 2.75) is 44.0 Å². The van der Waals surface area contributed by atoms with Gasteiger partial charge in [0.25, 0.3) is 0 Å². The van der Waals surface area contributed by atoms with Crippen LogP contribution in [0.5, 0.6) is 0 Å². The molecule has 1 atom stereocenters. The zero-order valence-corrected chi connectivity index (χ0v) is 9.31. The molecule has 1 rings (SSSR count). The highest BCUT2D eigenvalue weighted by molar-refractivity contribution is 4.85. The molecule has 0 radical (unpaired) electrons. The Morgan fingerprint density at radius 1 is 1.38 bits per heavy atom. The largest absolute Gasteiger partial charge is 0.391 e. The number of aliphatic hydroxyl groups is 1. The zero-order valence-electron chi connectivity index (χ0n) is 9.31. The zero-order chi connectivity index (χ0) is 12.2. The molecule has 1 aliphatic carbocycles. The van der Waals surface area contributed by atoms with Crippen LogP contribution in [0, 0.1) is 0 Å². The van der Waals surface area contributed by atoms with Crippen molar-refractivity contribution in [2.24, 2.45) is 0 Å². The number of alkyl halides is 3. The lowest BCUT2D eigenvalue weighted by Gasteiger charge is -2.23. The van der Waals surface area contributed by atoms with Gasteiger partial charge in [-0.05, 0) is 19.8 Å². The Kier molecular flexibility index (Phi) is 4.58. The van der Waals surface area contributed by atoms with E-state index in [9.17, 15) is 18.3 Å². The van der Waals surface area contributed by atoms with Gasteiger partial charge in [-0.15, -0.1) is 0 Å². The van der Waals surface area contributed by atoms with E-state index < -0.39 is 24.8 Å². The Hall–Kier alpha value is -0.330. The van der Waals surface area contributed by atoms with Crippen LogP contribution >= 0.6 is 0 Å². The summed E-state index contributed by atoms with van der Waals surface area (Å²) in [5, 5.41) is 12.9. The van der Waals surface area contributed by atoms with Crippen molar-refractivity contribution in [1.82, 2.24) is 5.32 Å². The highest BCUT2D eigenvalue weighted by atomic mass is 19.4. The minimum absolute atomic E-state index is 0.0806. The van der Waals surface area contributed by atoms with Crippen molar-refractivity contribution in [3.05, 3.63) is 0 Å². The molecule has 6 heteroatoms.